The second kappa shape index (κ2) is 7.33. The first-order valence-electron chi connectivity index (χ1n) is 7.57. The molecule has 1 saturated heterocycles. The van der Waals surface area contributed by atoms with Crippen molar-refractivity contribution in [3.8, 4) is 0 Å². The molecule has 1 fully saturated rings. The summed E-state index contributed by atoms with van der Waals surface area (Å²) in [4.78, 5) is 38.8. The highest BCUT2D eigenvalue weighted by atomic mass is 16.7. The van der Waals surface area contributed by atoms with Crippen molar-refractivity contribution in [1.82, 2.24) is 0 Å². The molecule has 0 aromatic heterocycles. The second-order valence-corrected chi connectivity index (χ2v) is 5.62. The number of Topliss-reactive ketones (excluding diaryl/α,β-unsaturated/α-hetero) is 1. The molecule has 1 aliphatic heterocycles. The maximum absolute atomic E-state index is 13.1. The van der Waals surface area contributed by atoms with Crippen LogP contribution in [0.3, 0.4) is 0 Å². The summed E-state index contributed by atoms with van der Waals surface area (Å²) in [7, 11) is 0. The maximum atomic E-state index is 13.1. The Kier molecular flexibility index (Phi) is 4.97. The van der Waals surface area contributed by atoms with Gasteiger partial charge in [-0.15, -0.1) is 4.91 Å². The van der Waals surface area contributed by atoms with Gasteiger partial charge >= 0.3 is 5.97 Å². The Balaban J connectivity index is 1.97. The van der Waals surface area contributed by atoms with Crippen LogP contribution in [0, 0.1) is 4.91 Å². The van der Waals surface area contributed by atoms with Crippen molar-refractivity contribution in [3.63, 3.8) is 0 Å². The molecule has 2 aromatic carbocycles. The van der Waals surface area contributed by atoms with E-state index in [2.05, 4.69) is 10.2 Å². The number of benzene rings is 2. The third kappa shape index (κ3) is 3.33. The van der Waals surface area contributed by atoms with E-state index in [1.165, 1.54) is 12.1 Å². The summed E-state index contributed by atoms with van der Waals surface area (Å²) in [5, 5.41) is 2.11. The molecule has 0 aliphatic carbocycles. The van der Waals surface area contributed by atoms with E-state index in [9.17, 15) is 14.5 Å². The molecule has 0 unspecified atom stereocenters. The highest BCUT2D eigenvalue weighted by molar-refractivity contribution is 6.04. The van der Waals surface area contributed by atoms with Crippen LogP contribution in [0.1, 0.15) is 26.3 Å². The molecule has 0 N–H and O–H groups in total. The summed E-state index contributed by atoms with van der Waals surface area (Å²) in [6, 6.07) is 15.1. The fourth-order valence-corrected chi connectivity index (χ4v) is 2.84. The number of carbonyl (C=O) groups excluding carboxylic acids is 2. The zero-order valence-electron chi connectivity index (χ0n) is 13.2. The molecule has 0 atom stereocenters. The maximum Gasteiger partial charge on any atom is 0.369 e. The van der Waals surface area contributed by atoms with Gasteiger partial charge in [-0.1, -0.05) is 42.5 Å². The van der Waals surface area contributed by atoms with Crippen molar-refractivity contribution in [2.45, 2.75) is 5.41 Å². The molecule has 1 aliphatic rings. The van der Waals surface area contributed by atoms with E-state index in [4.69, 9.17) is 9.47 Å². The number of rotatable bonds is 5. The van der Waals surface area contributed by atoms with E-state index >= 15 is 0 Å². The van der Waals surface area contributed by atoms with E-state index in [-0.39, 0.29) is 31.4 Å². The van der Waals surface area contributed by atoms with Crippen LogP contribution in [0.4, 0.5) is 0 Å². The van der Waals surface area contributed by atoms with Crippen LogP contribution in [-0.2, 0) is 19.7 Å². The molecule has 25 heavy (non-hydrogen) atoms. The average Bonchev–Trinajstić information content (AvgIpc) is 2.69. The first-order chi connectivity index (χ1) is 12.2. The average molecular weight is 341 g/mol. The van der Waals surface area contributed by atoms with Crippen molar-refractivity contribution in [2.75, 3.05) is 20.0 Å². The van der Waals surface area contributed by atoms with Gasteiger partial charge in [0.25, 0.3) is 0 Å². The van der Waals surface area contributed by atoms with Crippen LogP contribution in [0.2, 0.25) is 0 Å². The summed E-state index contributed by atoms with van der Waals surface area (Å²) >= 11 is 0. The van der Waals surface area contributed by atoms with Crippen LogP contribution in [-0.4, -0.2) is 31.8 Å². The van der Waals surface area contributed by atoms with E-state index < -0.39 is 11.4 Å². The lowest BCUT2D eigenvalue weighted by Crippen LogP contribution is -2.48. The molecule has 7 nitrogen and oxygen atoms in total. The molecule has 0 bridgehead atoms. The highest BCUT2D eigenvalue weighted by Crippen LogP contribution is 2.32. The third-order valence-corrected chi connectivity index (χ3v) is 4.13. The Morgan fingerprint density at radius 3 is 2.16 bits per heavy atom. The van der Waals surface area contributed by atoms with Gasteiger partial charge in [-0.3, -0.25) is 9.63 Å². The zero-order chi connectivity index (χ0) is 17.7. The fraction of sp³-hybridized carbons (Fsp3) is 0.222. The van der Waals surface area contributed by atoms with Crippen LogP contribution < -0.4 is 0 Å². The van der Waals surface area contributed by atoms with Crippen molar-refractivity contribution in [1.29, 1.82) is 0 Å². The Bertz CT molecular complexity index is 766. The highest BCUT2D eigenvalue weighted by Gasteiger charge is 2.43. The van der Waals surface area contributed by atoms with Gasteiger partial charge in [0.2, 0.25) is 0 Å². The lowest BCUT2D eigenvalue weighted by atomic mass is 9.75. The zero-order valence-corrected chi connectivity index (χ0v) is 13.2. The quantitative estimate of drug-likeness (QED) is 0.472. The molecule has 0 spiro atoms. The first-order valence-corrected chi connectivity index (χ1v) is 7.57. The number of carbonyl (C=O) groups is 2. The Labute approximate surface area is 143 Å². The molecule has 1 heterocycles. The minimum absolute atomic E-state index is 0.124. The van der Waals surface area contributed by atoms with Crippen LogP contribution >= 0.6 is 0 Å². The fourth-order valence-electron chi connectivity index (χ4n) is 2.84. The van der Waals surface area contributed by atoms with Crippen molar-refractivity contribution >= 4 is 11.8 Å². The van der Waals surface area contributed by atoms with Gasteiger partial charge in [-0.05, 0) is 17.7 Å². The summed E-state index contributed by atoms with van der Waals surface area (Å²) in [5.74, 6) is -0.987. The Morgan fingerprint density at radius 2 is 1.56 bits per heavy atom. The number of ketones is 1. The van der Waals surface area contributed by atoms with Crippen molar-refractivity contribution < 1.29 is 23.9 Å². The Morgan fingerprint density at radius 1 is 0.920 bits per heavy atom. The minimum Gasteiger partial charge on any atom is -0.354 e. The smallest absolute Gasteiger partial charge is 0.354 e. The van der Waals surface area contributed by atoms with Gasteiger partial charge in [0.1, 0.15) is 12.2 Å². The van der Waals surface area contributed by atoms with Crippen molar-refractivity contribution in [2.24, 2.45) is 5.34 Å². The SMILES string of the molecule is O=NOC(=O)c1ccc(C2(C(=O)c3ccccc3)COCOC2)cc1. The molecule has 3 rings (SSSR count). The van der Waals surface area contributed by atoms with Crippen LogP contribution in [0.25, 0.3) is 0 Å². The standard InChI is InChI=1S/C18H15NO6/c20-16(13-4-2-1-3-5-13)18(10-23-12-24-11-18)15-8-6-14(7-9-15)17(21)25-19-22/h1-9H,10-12H2. The lowest BCUT2D eigenvalue weighted by molar-refractivity contribution is -0.127. The van der Waals surface area contributed by atoms with Crippen LogP contribution in [0.15, 0.2) is 59.9 Å². The molecule has 7 heteroatoms. The normalized spacial score (nSPS) is 16.0. The number of ether oxygens (including phenoxy) is 2. The largest absolute Gasteiger partial charge is 0.369 e. The summed E-state index contributed by atoms with van der Waals surface area (Å²) < 4.78 is 10.8. The predicted octanol–water partition coefficient (Wildman–Crippen LogP) is 2.65. The molecular formula is C18H15NO6. The van der Waals surface area contributed by atoms with Crippen LogP contribution in [0.5, 0.6) is 0 Å². The number of nitrogens with zero attached hydrogens (tertiary/aromatic N) is 1. The number of hydrogen-bond donors (Lipinski definition) is 0. The topological polar surface area (TPSA) is 91.3 Å². The van der Waals surface area contributed by atoms with Gasteiger partial charge < -0.3 is 9.47 Å². The van der Waals surface area contributed by atoms with Gasteiger partial charge in [0.15, 0.2) is 11.1 Å². The minimum atomic E-state index is -1.01. The molecule has 0 radical (unpaired) electrons. The monoisotopic (exact) mass is 341 g/mol. The summed E-state index contributed by atoms with van der Waals surface area (Å²) in [6.45, 7) is 0.458. The molecule has 0 saturated carbocycles. The molecule has 0 amide bonds. The molecule has 2 aromatic rings. The molecule has 128 valence electrons. The van der Waals surface area contributed by atoms with E-state index in [1.807, 2.05) is 6.07 Å². The van der Waals surface area contributed by atoms with Gasteiger partial charge in [0.05, 0.1) is 18.8 Å². The lowest BCUT2D eigenvalue weighted by Gasteiger charge is -2.35. The van der Waals surface area contributed by atoms with E-state index in [0.717, 1.165) is 0 Å². The Hall–Kier alpha value is -2.90. The third-order valence-electron chi connectivity index (χ3n) is 4.13. The first kappa shape index (κ1) is 16.9. The molecular weight excluding hydrogens is 326 g/mol. The van der Waals surface area contributed by atoms with Crippen molar-refractivity contribution in [3.05, 3.63) is 76.2 Å². The summed E-state index contributed by atoms with van der Waals surface area (Å²) in [5.41, 5.74) is 0.343. The van der Waals surface area contributed by atoms with Gasteiger partial charge in [-0.25, -0.2) is 4.79 Å². The number of hydrogen-bond acceptors (Lipinski definition) is 7. The van der Waals surface area contributed by atoms with E-state index in [0.29, 0.717) is 11.1 Å². The second-order valence-electron chi connectivity index (χ2n) is 5.62. The summed E-state index contributed by atoms with van der Waals surface area (Å²) in [6.07, 6.45) is 0. The predicted molar refractivity (Wildman–Crippen MR) is 86.9 cm³/mol. The van der Waals surface area contributed by atoms with E-state index in [1.54, 1.807) is 36.4 Å². The van der Waals surface area contributed by atoms with Gasteiger partial charge in [-0.2, -0.15) is 0 Å². The van der Waals surface area contributed by atoms with Gasteiger partial charge in [0, 0.05) is 5.56 Å².